The van der Waals surface area contributed by atoms with E-state index in [9.17, 15) is 9.59 Å². The Labute approximate surface area is 164 Å². The van der Waals surface area contributed by atoms with Gasteiger partial charge in [0.05, 0.1) is 22.2 Å². The Bertz CT molecular complexity index is 856. The van der Waals surface area contributed by atoms with E-state index < -0.39 is 6.04 Å². The maximum Gasteiger partial charge on any atom is 0.253 e. The van der Waals surface area contributed by atoms with E-state index in [-0.39, 0.29) is 17.7 Å². The van der Waals surface area contributed by atoms with E-state index in [0.29, 0.717) is 22.7 Å². The Morgan fingerprint density at radius 2 is 1.78 bits per heavy atom. The number of rotatable bonds is 6. The summed E-state index contributed by atoms with van der Waals surface area (Å²) < 4.78 is 0. The number of halogens is 1. The number of hydrogen-bond donors (Lipinski definition) is 1. The molecule has 1 atom stereocenters. The fourth-order valence-electron chi connectivity index (χ4n) is 2.65. The molecule has 6 heteroatoms. The number of nitrogens with zero attached hydrogens (tertiary/aromatic N) is 2. The van der Waals surface area contributed by atoms with Gasteiger partial charge in [0.1, 0.15) is 6.04 Å². The predicted octanol–water partition coefficient (Wildman–Crippen LogP) is 3.62. The smallest absolute Gasteiger partial charge is 0.253 e. The van der Waals surface area contributed by atoms with E-state index in [1.807, 2.05) is 26.0 Å². The van der Waals surface area contributed by atoms with Crippen LogP contribution >= 0.6 is 11.6 Å². The normalized spacial score (nSPS) is 11.6. The maximum absolute atomic E-state index is 12.9. The van der Waals surface area contributed by atoms with Gasteiger partial charge in [-0.15, -0.1) is 0 Å². The Hall–Kier alpha value is -2.84. The van der Waals surface area contributed by atoms with Crippen molar-refractivity contribution < 1.29 is 9.59 Å². The zero-order chi connectivity index (χ0) is 20.0. The molecule has 0 spiro atoms. The van der Waals surface area contributed by atoms with Crippen LogP contribution in [0.15, 0.2) is 48.5 Å². The van der Waals surface area contributed by atoms with Crippen molar-refractivity contribution in [3.63, 3.8) is 0 Å². The summed E-state index contributed by atoms with van der Waals surface area (Å²) in [5.41, 5.74) is 1.82. The molecular weight excluding hydrogens is 362 g/mol. The summed E-state index contributed by atoms with van der Waals surface area (Å²) in [6.45, 7) is 4.14. The van der Waals surface area contributed by atoms with E-state index in [1.165, 1.54) is 0 Å². The summed E-state index contributed by atoms with van der Waals surface area (Å²) in [6.07, 6.45) is 0. The van der Waals surface area contributed by atoms with Crippen LogP contribution in [-0.2, 0) is 11.3 Å². The quantitative estimate of drug-likeness (QED) is 0.827. The summed E-state index contributed by atoms with van der Waals surface area (Å²) in [5.74, 6) is -0.651. The molecule has 2 aromatic rings. The molecule has 0 radical (unpaired) electrons. The Kier molecular flexibility index (Phi) is 6.98. The molecule has 0 aromatic heterocycles. The van der Waals surface area contributed by atoms with Gasteiger partial charge >= 0.3 is 0 Å². The van der Waals surface area contributed by atoms with E-state index in [1.54, 1.807) is 48.3 Å². The van der Waals surface area contributed by atoms with Gasteiger partial charge in [0.25, 0.3) is 5.91 Å². The highest BCUT2D eigenvalue weighted by molar-refractivity contribution is 6.33. The first-order valence-electron chi connectivity index (χ1n) is 8.63. The first-order valence-corrected chi connectivity index (χ1v) is 9.00. The Morgan fingerprint density at radius 1 is 1.15 bits per heavy atom. The van der Waals surface area contributed by atoms with Gasteiger partial charge in [-0.3, -0.25) is 9.59 Å². The lowest BCUT2D eigenvalue weighted by molar-refractivity contribution is -0.133. The van der Waals surface area contributed by atoms with Crippen LogP contribution in [0.3, 0.4) is 0 Å². The topological polar surface area (TPSA) is 73.2 Å². The average Bonchev–Trinajstić information content (AvgIpc) is 2.66. The lowest BCUT2D eigenvalue weighted by Gasteiger charge is -2.27. The van der Waals surface area contributed by atoms with Crippen LogP contribution in [0.25, 0.3) is 0 Å². The summed E-state index contributed by atoms with van der Waals surface area (Å²) in [5, 5.41) is 12.0. The van der Waals surface area contributed by atoms with Gasteiger partial charge in [-0.2, -0.15) is 5.26 Å². The van der Waals surface area contributed by atoms with Gasteiger partial charge in [-0.05, 0) is 35.7 Å². The van der Waals surface area contributed by atoms with Crippen molar-refractivity contribution in [1.82, 2.24) is 10.2 Å². The van der Waals surface area contributed by atoms with Crippen molar-refractivity contribution >= 4 is 23.4 Å². The molecule has 0 saturated heterocycles. The molecule has 0 aliphatic rings. The van der Waals surface area contributed by atoms with Crippen molar-refractivity contribution in [3.8, 4) is 6.07 Å². The first-order chi connectivity index (χ1) is 12.8. The van der Waals surface area contributed by atoms with E-state index >= 15 is 0 Å². The minimum atomic E-state index is -0.669. The maximum atomic E-state index is 12.9. The van der Waals surface area contributed by atoms with Crippen LogP contribution in [0.1, 0.15) is 35.3 Å². The minimum absolute atomic E-state index is 0.0904. The molecule has 2 amide bonds. The number of hydrogen-bond acceptors (Lipinski definition) is 3. The third-order valence-corrected chi connectivity index (χ3v) is 4.55. The van der Waals surface area contributed by atoms with Crippen LogP contribution < -0.4 is 5.32 Å². The number of carbonyl (C=O) groups excluding carboxylic acids is 2. The summed E-state index contributed by atoms with van der Waals surface area (Å²) in [7, 11) is 1.69. The monoisotopic (exact) mass is 383 g/mol. The summed E-state index contributed by atoms with van der Waals surface area (Å²) >= 11 is 6.08. The molecular formula is C21H22ClN3O2. The third-order valence-electron chi connectivity index (χ3n) is 4.22. The molecule has 2 aromatic carbocycles. The lowest BCUT2D eigenvalue weighted by atomic mass is 10.0. The summed E-state index contributed by atoms with van der Waals surface area (Å²) in [6, 6.07) is 15.2. The van der Waals surface area contributed by atoms with Gasteiger partial charge < -0.3 is 10.2 Å². The SMILES string of the molecule is CC(C)C(NC(=O)c1ccccc1Cl)C(=O)N(C)Cc1ccc(C#N)cc1. The lowest BCUT2D eigenvalue weighted by Crippen LogP contribution is -2.50. The minimum Gasteiger partial charge on any atom is -0.340 e. The Balaban J connectivity index is 2.10. The number of nitrogens with one attached hydrogen (secondary N) is 1. The highest BCUT2D eigenvalue weighted by atomic mass is 35.5. The number of likely N-dealkylation sites (N-methyl/N-ethyl adjacent to an activating group) is 1. The second-order valence-corrected chi connectivity index (χ2v) is 7.09. The Morgan fingerprint density at radius 3 is 2.33 bits per heavy atom. The van der Waals surface area contributed by atoms with E-state index in [2.05, 4.69) is 11.4 Å². The molecule has 0 bridgehead atoms. The number of benzene rings is 2. The molecule has 27 heavy (non-hydrogen) atoms. The van der Waals surface area contributed by atoms with Crippen LogP contribution in [0, 0.1) is 17.2 Å². The zero-order valence-corrected chi connectivity index (χ0v) is 16.3. The third kappa shape index (κ3) is 5.32. The van der Waals surface area contributed by atoms with Gasteiger partial charge in [0, 0.05) is 13.6 Å². The zero-order valence-electron chi connectivity index (χ0n) is 15.6. The van der Waals surface area contributed by atoms with Gasteiger partial charge in [-0.25, -0.2) is 0 Å². The van der Waals surface area contributed by atoms with E-state index in [4.69, 9.17) is 16.9 Å². The molecule has 0 saturated carbocycles. The molecule has 1 N–H and O–H groups in total. The summed E-state index contributed by atoms with van der Waals surface area (Å²) in [4.78, 5) is 27.0. The first kappa shape index (κ1) is 20.5. The highest BCUT2D eigenvalue weighted by Gasteiger charge is 2.28. The molecule has 0 aliphatic heterocycles. The van der Waals surface area contributed by atoms with Crippen molar-refractivity contribution in [3.05, 3.63) is 70.2 Å². The molecule has 0 aliphatic carbocycles. The molecule has 5 nitrogen and oxygen atoms in total. The standard InChI is InChI=1S/C21H22ClN3O2/c1-14(2)19(24-20(26)17-6-4-5-7-18(17)22)21(27)25(3)13-16-10-8-15(12-23)9-11-16/h4-11,14,19H,13H2,1-3H3,(H,24,26). The van der Waals surface area contributed by atoms with Crippen molar-refractivity contribution in [1.29, 1.82) is 5.26 Å². The van der Waals surface area contributed by atoms with Crippen molar-refractivity contribution in [2.75, 3.05) is 7.05 Å². The van der Waals surface area contributed by atoms with Crippen LogP contribution in [0.4, 0.5) is 0 Å². The van der Waals surface area contributed by atoms with Gasteiger partial charge in [-0.1, -0.05) is 49.7 Å². The molecule has 0 heterocycles. The van der Waals surface area contributed by atoms with Gasteiger partial charge in [0.15, 0.2) is 0 Å². The van der Waals surface area contributed by atoms with Crippen molar-refractivity contribution in [2.24, 2.45) is 5.92 Å². The molecule has 140 valence electrons. The number of nitriles is 1. The fraction of sp³-hybridized carbons (Fsp3) is 0.286. The highest BCUT2D eigenvalue weighted by Crippen LogP contribution is 2.16. The largest absolute Gasteiger partial charge is 0.340 e. The fourth-order valence-corrected chi connectivity index (χ4v) is 2.87. The van der Waals surface area contributed by atoms with E-state index in [0.717, 1.165) is 5.56 Å². The van der Waals surface area contributed by atoms with Gasteiger partial charge in [0.2, 0.25) is 5.91 Å². The van der Waals surface area contributed by atoms with Crippen LogP contribution in [-0.4, -0.2) is 29.8 Å². The number of carbonyl (C=O) groups is 2. The second-order valence-electron chi connectivity index (χ2n) is 6.68. The predicted molar refractivity (Wildman–Crippen MR) is 105 cm³/mol. The second kappa shape index (κ2) is 9.20. The number of amides is 2. The molecule has 2 rings (SSSR count). The molecule has 0 fully saturated rings. The van der Waals surface area contributed by atoms with Crippen molar-refractivity contribution in [2.45, 2.75) is 26.4 Å². The average molecular weight is 384 g/mol. The van der Waals surface area contributed by atoms with Crippen LogP contribution in [0.2, 0.25) is 5.02 Å². The van der Waals surface area contributed by atoms with Crippen LogP contribution in [0.5, 0.6) is 0 Å². The molecule has 1 unspecified atom stereocenters.